The van der Waals surface area contributed by atoms with E-state index in [0.29, 0.717) is 25.6 Å². The second kappa shape index (κ2) is 6.73. The van der Waals surface area contributed by atoms with Gasteiger partial charge in [0.25, 0.3) is 10.2 Å². The van der Waals surface area contributed by atoms with Gasteiger partial charge >= 0.3 is 0 Å². The van der Waals surface area contributed by atoms with E-state index in [1.165, 1.54) is 0 Å². The van der Waals surface area contributed by atoms with E-state index in [9.17, 15) is 8.42 Å². The standard InChI is InChI=1S/C14H29N3O2S/c1-3-14(7-8-14)12-16-20(18,19)17-9-5-13(6-10-17)11-15-4-2/h13,15-16H,3-12H2,1-2H3. The Kier molecular flexibility index (Phi) is 5.45. The molecule has 0 radical (unpaired) electrons. The molecule has 1 saturated heterocycles. The highest BCUT2D eigenvalue weighted by Crippen LogP contribution is 2.48. The van der Waals surface area contributed by atoms with Gasteiger partial charge in [-0.3, -0.25) is 0 Å². The molecule has 2 N–H and O–H groups in total. The highest BCUT2D eigenvalue weighted by Gasteiger charge is 2.41. The molecule has 118 valence electrons. The zero-order chi connectivity index (χ0) is 14.6. The number of hydrogen-bond acceptors (Lipinski definition) is 3. The summed E-state index contributed by atoms with van der Waals surface area (Å²) in [4.78, 5) is 0. The molecule has 1 aliphatic carbocycles. The molecule has 0 aromatic rings. The van der Waals surface area contributed by atoms with Crippen LogP contribution in [-0.4, -0.2) is 45.4 Å². The minimum Gasteiger partial charge on any atom is -0.317 e. The fourth-order valence-corrected chi connectivity index (χ4v) is 4.23. The minimum absolute atomic E-state index is 0.260. The molecule has 2 fully saturated rings. The molecule has 2 aliphatic rings. The molecule has 6 heteroatoms. The number of piperidine rings is 1. The largest absolute Gasteiger partial charge is 0.317 e. The van der Waals surface area contributed by atoms with E-state index in [1.54, 1.807) is 4.31 Å². The first-order chi connectivity index (χ1) is 9.51. The van der Waals surface area contributed by atoms with E-state index < -0.39 is 10.2 Å². The smallest absolute Gasteiger partial charge is 0.279 e. The fraction of sp³-hybridized carbons (Fsp3) is 1.00. The van der Waals surface area contributed by atoms with E-state index in [1.807, 2.05) is 0 Å². The van der Waals surface area contributed by atoms with Gasteiger partial charge in [-0.05, 0) is 56.5 Å². The Morgan fingerprint density at radius 3 is 2.35 bits per heavy atom. The lowest BCUT2D eigenvalue weighted by Crippen LogP contribution is -2.47. The summed E-state index contributed by atoms with van der Waals surface area (Å²) in [5, 5.41) is 3.35. The lowest BCUT2D eigenvalue weighted by molar-refractivity contribution is 0.265. The van der Waals surface area contributed by atoms with E-state index in [0.717, 1.165) is 45.2 Å². The van der Waals surface area contributed by atoms with Gasteiger partial charge in [-0.1, -0.05) is 13.8 Å². The third kappa shape index (κ3) is 4.16. The van der Waals surface area contributed by atoms with E-state index in [-0.39, 0.29) is 5.41 Å². The van der Waals surface area contributed by atoms with E-state index >= 15 is 0 Å². The van der Waals surface area contributed by atoms with Crippen molar-refractivity contribution in [2.24, 2.45) is 11.3 Å². The van der Waals surface area contributed by atoms with Crippen LogP contribution < -0.4 is 10.0 Å². The van der Waals surface area contributed by atoms with Crippen LogP contribution >= 0.6 is 0 Å². The predicted molar refractivity (Wildman–Crippen MR) is 81.7 cm³/mol. The molecule has 0 amide bonds. The summed E-state index contributed by atoms with van der Waals surface area (Å²) in [6.07, 6.45) is 5.33. The summed E-state index contributed by atoms with van der Waals surface area (Å²) in [5.41, 5.74) is 0.260. The van der Waals surface area contributed by atoms with Gasteiger partial charge in [-0.15, -0.1) is 0 Å². The maximum absolute atomic E-state index is 12.3. The van der Waals surface area contributed by atoms with Crippen LogP contribution in [0, 0.1) is 11.3 Å². The Morgan fingerprint density at radius 2 is 1.85 bits per heavy atom. The molecule has 0 spiro atoms. The van der Waals surface area contributed by atoms with Crippen LogP contribution in [0.15, 0.2) is 0 Å². The SMILES string of the molecule is CCNCC1CCN(S(=O)(=O)NCC2(CC)CC2)CC1. The molecule has 5 nitrogen and oxygen atoms in total. The summed E-state index contributed by atoms with van der Waals surface area (Å²) >= 11 is 0. The van der Waals surface area contributed by atoms with Crippen LogP contribution in [0.4, 0.5) is 0 Å². The van der Waals surface area contributed by atoms with E-state index in [4.69, 9.17) is 0 Å². The average Bonchev–Trinajstić information content (AvgIpc) is 3.24. The summed E-state index contributed by atoms with van der Waals surface area (Å²) < 4.78 is 29.0. The van der Waals surface area contributed by atoms with Gasteiger partial charge in [-0.25, -0.2) is 4.72 Å². The van der Waals surface area contributed by atoms with E-state index in [2.05, 4.69) is 23.9 Å². The lowest BCUT2D eigenvalue weighted by atomic mass is 9.98. The van der Waals surface area contributed by atoms with Crippen LogP contribution in [0.1, 0.15) is 46.0 Å². The molecule has 0 atom stereocenters. The Balaban J connectivity index is 1.76. The first kappa shape index (κ1) is 16.2. The maximum atomic E-state index is 12.3. The van der Waals surface area contributed by atoms with Gasteiger partial charge in [0.05, 0.1) is 0 Å². The van der Waals surface area contributed by atoms with Crippen molar-refractivity contribution in [2.45, 2.75) is 46.0 Å². The second-order valence-electron chi connectivity index (χ2n) is 6.33. The molecule has 1 aliphatic heterocycles. The van der Waals surface area contributed by atoms with Gasteiger partial charge in [0.2, 0.25) is 0 Å². The molecule has 0 unspecified atom stereocenters. The van der Waals surface area contributed by atoms with Crippen LogP contribution in [0.2, 0.25) is 0 Å². The quantitative estimate of drug-likeness (QED) is 0.711. The molecule has 0 aromatic carbocycles. The van der Waals surface area contributed by atoms with Crippen LogP contribution in [-0.2, 0) is 10.2 Å². The first-order valence-corrected chi connectivity index (χ1v) is 9.41. The van der Waals surface area contributed by atoms with Crippen molar-refractivity contribution >= 4 is 10.2 Å². The Labute approximate surface area is 123 Å². The number of hydrogen-bond donors (Lipinski definition) is 2. The first-order valence-electron chi connectivity index (χ1n) is 7.97. The van der Waals surface area contributed by atoms with Crippen molar-refractivity contribution in [1.82, 2.24) is 14.3 Å². The maximum Gasteiger partial charge on any atom is 0.279 e. The zero-order valence-corrected chi connectivity index (χ0v) is 13.6. The van der Waals surface area contributed by atoms with Crippen molar-refractivity contribution in [3.05, 3.63) is 0 Å². The monoisotopic (exact) mass is 303 g/mol. The topological polar surface area (TPSA) is 61.4 Å². The Hall–Kier alpha value is -0.170. The summed E-state index contributed by atoms with van der Waals surface area (Å²) in [6, 6.07) is 0. The molecular formula is C14H29N3O2S. The predicted octanol–water partition coefficient (Wildman–Crippen LogP) is 1.33. The second-order valence-corrected chi connectivity index (χ2v) is 8.09. The highest BCUT2D eigenvalue weighted by molar-refractivity contribution is 7.87. The van der Waals surface area contributed by atoms with Gasteiger partial charge < -0.3 is 5.32 Å². The van der Waals surface area contributed by atoms with Crippen molar-refractivity contribution in [3.8, 4) is 0 Å². The third-order valence-electron chi connectivity index (χ3n) is 4.93. The number of nitrogens with zero attached hydrogens (tertiary/aromatic N) is 1. The molecular weight excluding hydrogens is 274 g/mol. The van der Waals surface area contributed by atoms with Crippen molar-refractivity contribution in [3.63, 3.8) is 0 Å². The van der Waals surface area contributed by atoms with Crippen molar-refractivity contribution in [1.29, 1.82) is 0 Å². The third-order valence-corrected chi connectivity index (χ3v) is 6.49. The molecule has 0 bridgehead atoms. The van der Waals surface area contributed by atoms with Crippen molar-refractivity contribution < 1.29 is 8.42 Å². The summed E-state index contributed by atoms with van der Waals surface area (Å²) in [5.74, 6) is 0.617. The Bertz CT molecular complexity index is 399. The van der Waals surface area contributed by atoms with Crippen molar-refractivity contribution in [2.75, 3.05) is 32.7 Å². The van der Waals surface area contributed by atoms with Gasteiger partial charge in [0.1, 0.15) is 0 Å². The zero-order valence-electron chi connectivity index (χ0n) is 12.8. The van der Waals surface area contributed by atoms with Crippen LogP contribution in [0.5, 0.6) is 0 Å². The molecule has 1 saturated carbocycles. The van der Waals surface area contributed by atoms with Gasteiger partial charge in [0, 0.05) is 19.6 Å². The molecule has 0 aromatic heterocycles. The minimum atomic E-state index is -3.27. The Morgan fingerprint density at radius 1 is 1.20 bits per heavy atom. The molecule has 20 heavy (non-hydrogen) atoms. The lowest BCUT2D eigenvalue weighted by Gasteiger charge is -2.31. The number of rotatable bonds is 8. The molecule has 1 heterocycles. The van der Waals surface area contributed by atoms with Gasteiger partial charge in [-0.2, -0.15) is 12.7 Å². The normalized spacial score (nSPS) is 23.9. The fourth-order valence-electron chi connectivity index (χ4n) is 2.87. The summed E-state index contributed by atoms with van der Waals surface area (Å²) in [6.45, 7) is 8.17. The van der Waals surface area contributed by atoms with Crippen LogP contribution in [0.25, 0.3) is 0 Å². The van der Waals surface area contributed by atoms with Gasteiger partial charge in [0.15, 0.2) is 0 Å². The highest BCUT2D eigenvalue weighted by atomic mass is 32.2. The van der Waals surface area contributed by atoms with Crippen LogP contribution in [0.3, 0.4) is 0 Å². The number of nitrogens with one attached hydrogen (secondary N) is 2. The molecule has 2 rings (SSSR count). The average molecular weight is 303 g/mol. The summed E-state index contributed by atoms with van der Waals surface area (Å²) in [7, 11) is -3.27.